The van der Waals surface area contributed by atoms with E-state index in [-0.39, 0.29) is 5.82 Å². The summed E-state index contributed by atoms with van der Waals surface area (Å²) in [6, 6.07) is 4.79. The van der Waals surface area contributed by atoms with Crippen LogP contribution in [0, 0.1) is 5.82 Å². The molecule has 1 aliphatic rings. The predicted molar refractivity (Wildman–Crippen MR) is 84.8 cm³/mol. The van der Waals surface area contributed by atoms with Crippen molar-refractivity contribution in [1.82, 2.24) is 10.3 Å². The highest BCUT2D eigenvalue weighted by Gasteiger charge is 2.25. The monoisotopic (exact) mass is 354 g/mol. The summed E-state index contributed by atoms with van der Waals surface area (Å²) in [5, 5.41) is 4.24. The van der Waals surface area contributed by atoms with Crippen LogP contribution in [0.5, 0.6) is 0 Å². The molecule has 2 nitrogen and oxygen atoms in total. The van der Waals surface area contributed by atoms with Crippen LogP contribution in [0.1, 0.15) is 29.3 Å². The van der Waals surface area contributed by atoms with Crippen LogP contribution in [-0.4, -0.2) is 18.6 Å². The van der Waals surface area contributed by atoms with Crippen LogP contribution in [0.2, 0.25) is 0 Å². The Balaban J connectivity index is 2.00. The Morgan fingerprint density at radius 1 is 1.50 bits per heavy atom. The van der Waals surface area contributed by atoms with E-state index in [1.807, 2.05) is 7.05 Å². The fourth-order valence-electron chi connectivity index (χ4n) is 2.73. The Morgan fingerprint density at radius 3 is 3.10 bits per heavy atom. The molecule has 0 saturated carbocycles. The van der Waals surface area contributed by atoms with Gasteiger partial charge in [-0.15, -0.1) is 11.3 Å². The minimum absolute atomic E-state index is 0.227. The van der Waals surface area contributed by atoms with Crippen molar-refractivity contribution in [2.75, 3.05) is 13.6 Å². The molecule has 2 aromatic rings. The Bertz CT molecular complexity index is 626. The number of rotatable bonds is 3. The lowest BCUT2D eigenvalue weighted by molar-refractivity contribution is 0.523. The molecule has 106 valence electrons. The molecule has 0 amide bonds. The number of thiazole rings is 1. The number of hydrogen-bond donors (Lipinski definition) is 1. The third-order valence-corrected chi connectivity index (χ3v) is 5.50. The van der Waals surface area contributed by atoms with E-state index in [0.29, 0.717) is 5.92 Å². The summed E-state index contributed by atoms with van der Waals surface area (Å²) >= 11 is 5.18. The largest absolute Gasteiger partial charge is 0.319 e. The summed E-state index contributed by atoms with van der Waals surface area (Å²) < 4.78 is 14.0. The normalized spacial score (nSPS) is 18.1. The first-order valence-corrected chi connectivity index (χ1v) is 8.39. The van der Waals surface area contributed by atoms with Gasteiger partial charge in [-0.2, -0.15) is 0 Å². The van der Waals surface area contributed by atoms with Crippen molar-refractivity contribution >= 4 is 27.3 Å². The minimum atomic E-state index is -0.227. The van der Waals surface area contributed by atoms with E-state index >= 15 is 0 Å². The first-order chi connectivity index (χ1) is 9.69. The van der Waals surface area contributed by atoms with Crippen LogP contribution in [0.3, 0.4) is 0 Å². The molecule has 0 saturated heterocycles. The van der Waals surface area contributed by atoms with E-state index in [9.17, 15) is 4.39 Å². The number of benzene rings is 1. The second-order valence-electron chi connectivity index (χ2n) is 5.10. The smallest absolute Gasteiger partial charge is 0.125 e. The van der Waals surface area contributed by atoms with E-state index < -0.39 is 0 Å². The number of halogens is 2. The van der Waals surface area contributed by atoms with E-state index in [4.69, 9.17) is 4.98 Å². The van der Waals surface area contributed by atoms with E-state index in [0.717, 1.165) is 28.0 Å². The molecule has 0 fully saturated rings. The molecule has 1 aliphatic carbocycles. The standard InChI is InChI=1S/C15H16BrFN2S/c1-18-8-9-3-2-4-13-14(9)19-15(20-13)11-6-5-10(17)7-12(11)16/h5-7,9,18H,2-4,8H2,1H3. The average Bonchev–Trinajstić information content (AvgIpc) is 2.83. The van der Waals surface area contributed by atoms with Gasteiger partial charge in [0.2, 0.25) is 0 Å². The lowest BCUT2D eigenvalue weighted by atomic mass is 9.91. The highest BCUT2D eigenvalue weighted by atomic mass is 79.9. The number of likely N-dealkylation sites (N-methyl/N-ethyl adjacent to an activating group) is 1. The second kappa shape index (κ2) is 5.92. The quantitative estimate of drug-likeness (QED) is 0.885. The van der Waals surface area contributed by atoms with E-state index in [1.165, 1.54) is 35.5 Å². The van der Waals surface area contributed by atoms with Crippen LogP contribution in [0.25, 0.3) is 10.6 Å². The zero-order valence-electron chi connectivity index (χ0n) is 11.2. The molecule has 0 bridgehead atoms. The molecule has 1 N–H and O–H groups in total. The van der Waals surface area contributed by atoms with Gasteiger partial charge in [-0.1, -0.05) is 0 Å². The Labute approximate surface area is 130 Å². The highest BCUT2D eigenvalue weighted by Crippen LogP contribution is 2.39. The van der Waals surface area contributed by atoms with Crippen LogP contribution < -0.4 is 5.32 Å². The highest BCUT2D eigenvalue weighted by molar-refractivity contribution is 9.10. The molecule has 1 atom stereocenters. The fraction of sp³-hybridized carbons (Fsp3) is 0.400. The maximum absolute atomic E-state index is 13.2. The van der Waals surface area contributed by atoms with Gasteiger partial charge in [0.25, 0.3) is 0 Å². The zero-order chi connectivity index (χ0) is 14.1. The summed E-state index contributed by atoms with van der Waals surface area (Å²) in [5.41, 5.74) is 2.22. The van der Waals surface area contributed by atoms with Crippen molar-refractivity contribution in [3.8, 4) is 10.6 Å². The fourth-order valence-corrected chi connectivity index (χ4v) is 4.63. The molecule has 1 aromatic heterocycles. The molecular formula is C15H16BrFN2S. The average molecular weight is 355 g/mol. The predicted octanol–water partition coefficient (Wildman–Crippen LogP) is 4.35. The number of aromatic nitrogens is 1. The number of hydrogen-bond acceptors (Lipinski definition) is 3. The van der Waals surface area contributed by atoms with Gasteiger partial charge < -0.3 is 5.32 Å². The molecule has 20 heavy (non-hydrogen) atoms. The SMILES string of the molecule is CNCC1CCCc2sc(-c3ccc(F)cc3Br)nc21. The third kappa shape index (κ3) is 2.67. The van der Waals surface area contributed by atoms with Gasteiger partial charge in [0.15, 0.2) is 0 Å². The van der Waals surface area contributed by atoms with Crippen molar-refractivity contribution < 1.29 is 4.39 Å². The van der Waals surface area contributed by atoms with Gasteiger partial charge in [0, 0.05) is 27.4 Å². The number of nitrogens with one attached hydrogen (secondary N) is 1. The van der Waals surface area contributed by atoms with Crippen LogP contribution in [0.15, 0.2) is 22.7 Å². The summed E-state index contributed by atoms with van der Waals surface area (Å²) in [7, 11) is 1.98. The molecule has 3 rings (SSSR count). The van der Waals surface area contributed by atoms with Gasteiger partial charge in [-0.25, -0.2) is 9.37 Å². The van der Waals surface area contributed by atoms with Crippen molar-refractivity contribution in [2.45, 2.75) is 25.2 Å². The van der Waals surface area contributed by atoms with Crippen molar-refractivity contribution in [3.63, 3.8) is 0 Å². The lowest BCUT2D eigenvalue weighted by Gasteiger charge is -2.20. The summed E-state index contributed by atoms with van der Waals surface area (Å²) in [4.78, 5) is 6.23. The maximum atomic E-state index is 13.2. The van der Waals surface area contributed by atoms with Gasteiger partial charge in [0.05, 0.1) is 5.69 Å². The Morgan fingerprint density at radius 2 is 2.35 bits per heavy atom. The van der Waals surface area contributed by atoms with Gasteiger partial charge in [0.1, 0.15) is 10.8 Å². The van der Waals surface area contributed by atoms with Gasteiger partial charge >= 0.3 is 0 Å². The Kier molecular flexibility index (Phi) is 4.19. The molecule has 5 heteroatoms. The van der Waals surface area contributed by atoms with Gasteiger partial charge in [-0.05, 0) is 60.4 Å². The zero-order valence-corrected chi connectivity index (χ0v) is 13.7. The topological polar surface area (TPSA) is 24.9 Å². The number of aryl methyl sites for hydroxylation is 1. The molecule has 0 aliphatic heterocycles. The molecule has 1 aromatic carbocycles. The lowest BCUT2D eigenvalue weighted by Crippen LogP contribution is -2.20. The summed E-state index contributed by atoms with van der Waals surface area (Å²) in [5.74, 6) is 0.281. The first-order valence-electron chi connectivity index (χ1n) is 6.78. The minimum Gasteiger partial charge on any atom is -0.319 e. The van der Waals surface area contributed by atoms with Crippen molar-refractivity contribution in [2.24, 2.45) is 0 Å². The molecule has 1 heterocycles. The number of nitrogens with zero attached hydrogens (tertiary/aromatic N) is 1. The van der Waals surface area contributed by atoms with Crippen LogP contribution >= 0.6 is 27.3 Å². The second-order valence-corrected chi connectivity index (χ2v) is 7.04. The van der Waals surface area contributed by atoms with Crippen molar-refractivity contribution in [3.05, 3.63) is 39.1 Å². The van der Waals surface area contributed by atoms with Crippen LogP contribution in [0.4, 0.5) is 4.39 Å². The maximum Gasteiger partial charge on any atom is 0.125 e. The molecular weight excluding hydrogens is 339 g/mol. The third-order valence-electron chi connectivity index (χ3n) is 3.68. The van der Waals surface area contributed by atoms with Gasteiger partial charge in [-0.3, -0.25) is 0 Å². The van der Waals surface area contributed by atoms with E-state index in [1.54, 1.807) is 17.4 Å². The molecule has 1 unspecified atom stereocenters. The molecule has 0 radical (unpaired) electrons. The Hall–Kier alpha value is -0.780. The van der Waals surface area contributed by atoms with Crippen LogP contribution in [-0.2, 0) is 6.42 Å². The van der Waals surface area contributed by atoms with Crippen molar-refractivity contribution in [1.29, 1.82) is 0 Å². The van der Waals surface area contributed by atoms with E-state index in [2.05, 4.69) is 21.2 Å². The number of fused-ring (bicyclic) bond motifs is 1. The molecule has 0 spiro atoms. The first kappa shape index (κ1) is 14.2. The summed E-state index contributed by atoms with van der Waals surface area (Å²) in [6.45, 7) is 0.973. The summed E-state index contributed by atoms with van der Waals surface area (Å²) in [6.07, 6.45) is 3.54.